The van der Waals surface area contributed by atoms with Gasteiger partial charge < -0.3 is 23.5 Å². The second-order valence-corrected chi connectivity index (χ2v) is 13.4. The minimum atomic E-state index is -0.701. The van der Waals surface area contributed by atoms with Gasteiger partial charge in [-0.2, -0.15) is 5.26 Å². The van der Waals surface area contributed by atoms with Gasteiger partial charge in [-0.05, 0) is 81.3 Å². The van der Waals surface area contributed by atoms with E-state index >= 15 is 8.78 Å². The number of pyridine rings is 1. The van der Waals surface area contributed by atoms with Crippen LogP contribution >= 0.6 is 0 Å². The summed E-state index contributed by atoms with van der Waals surface area (Å²) in [7, 11) is 0. The van der Waals surface area contributed by atoms with Crippen molar-refractivity contribution in [1.29, 1.82) is 5.26 Å². The molecule has 2 aromatic heterocycles. The van der Waals surface area contributed by atoms with E-state index in [1.165, 1.54) is 24.3 Å². The van der Waals surface area contributed by atoms with Gasteiger partial charge in [0.25, 0.3) is 0 Å². The van der Waals surface area contributed by atoms with Crippen LogP contribution in [0.2, 0.25) is 0 Å². The zero-order valence-electron chi connectivity index (χ0n) is 27.6. The van der Waals surface area contributed by atoms with E-state index in [0.717, 1.165) is 24.6 Å². The van der Waals surface area contributed by atoms with Crippen molar-refractivity contribution in [3.8, 4) is 23.2 Å². The zero-order chi connectivity index (χ0) is 35.2. The molecule has 0 amide bonds. The number of imidazole rings is 1. The van der Waals surface area contributed by atoms with Gasteiger partial charge in [0.05, 0.1) is 53.2 Å². The molecular formula is C38H33F3N4O5. The average molecular weight is 683 g/mol. The van der Waals surface area contributed by atoms with Crippen molar-refractivity contribution in [2.24, 2.45) is 5.92 Å². The number of halogens is 3. The molecule has 7 rings (SSSR count). The highest BCUT2D eigenvalue weighted by Gasteiger charge is 2.44. The summed E-state index contributed by atoms with van der Waals surface area (Å²) in [5, 5.41) is 8.96. The molecule has 5 aromatic rings. The Morgan fingerprint density at radius 1 is 0.980 bits per heavy atom. The lowest BCUT2D eigenvalue weighted by atomic mass is 9.99. The fourth-order valence-corrected chi connectivity index (χ4v) is 6.43. The largest absolute Gasteiger partial charge is 0.473 e. The smallest absolute Gasteiger partial charge is 0.338 e. The van der Waals surface area contributed by atoms with Gasteiger partial charge >= 0.3 is 5.97 Å². The molecular weight excluding hydrogens is 649 g/mol. The van der Waals surface area contributed by atoms with E-state index in [1.807, 2.05) is 10.6 Å². The summed E-state index contributed by atoms with van der Waals surface area (Å²) in [6.45, 7) is 6.09. The van der Waals surface area contributed by atoms with Crippen LogP contribution in [0.4, 0.5) is 13.2 Å². The maximum atomic E-state index is 15.9. The van der Waals surface area contributed by atoms with E-state index in [1.54, 1.807) is 45.0 Å². The molecule has 3 aromatic carbocycles. The maximum Gasteiger partial charge on any atom is 0.338 e. The predicted octanol–water partition coefficient (Wildman–Crippen LogP) is 7.45. The molecule has 0 spiro atoms. The van der Waals surface area contributed by atoms with Crippen LogP contribution in [-0.4, -0.2) is 45.6 Å². The van der Waals surface area contributed by atoms with Gasteiger partial charge in [0, 0.05) is 29.5 Å². The van der Waals surface area contributed by atoms with Crippen LogP contribution in [0.25, 0.3) is 22.3 Å². The van der Waals surface area contributed by atoms with Crippen molar-refractivity contribution in [2.75, 3.05) is 13.2 Å². The van der Waals surface area contributed by atoms with Gasteiger partial charge in [-0.1, -0.05) is 12.1 Å². The summed E-state index contributed by atoms with van der Waals surface area (Å²) in [6.07, 6.45) is 0.347. The Kier molecular flexibility index (Phi) is 8.80. The van der Waals surface area contributed by atoms with Crippen LogP contribution in [0, 0.1) is 34.7 Å². The topological polar surface area (TPSA) is 108 Å². The van der Waals surface area contributed by atoms with E-state index < -0.39 is 29.0 Å². The number of benzene rings is 3. The van der Waals surface area contributed by atoms with Gasteiger partial charge in [-0.25, -0.2) is 27.9 Å². The molecule has 256 valence electrons. The molecule has 0 bridgehead atoms. The van der Waals surface area contributed by atoms with Crippen molar-refractivity contribution >= 4 is 17.0 Å². The van der Waals surface area contributed by atoms with Crippen LogP contribution in [-0.2, 0) is 27.2 Å². The van der Waals surface area contributed by atoms with E-state index in [2.05, 4.69) is 4.98 Å². The number of hydrogen-bond donors (Lipinski definition) is 0. The summed E-state index contributed by atoms with van der Waals surface area (Å²) >= 11 is 0. The molecule has 2 fully saturated rings. The lowest BCUT2D eigenvalue weighted by Crippen LogP contribution is -2.24. The molecule has 0 aliphatic carbocycles. The highest BCUT2D eigenvalue weighted by molar-refractivity contribution is 5.94. The SMILES string of the molecule is CC(C)(C)OC(=O)c1ccc2nc(Cc3cc(F)c(-c4cccc(OCc5ccc(C#N)cc5F)n4)cc3F)n([C@@H]3CO[C@H]4OCC[C@H]43)c2c1. The number of aromatic nitrogens is 3. The Morgan fingerprint density at radius 2 is 1.80 bits per heavy atom. The van der Waals surface area contributed by atoms with Gasteiger partial charge in [0.1, 0.15) is 35.5 Å². The molecule has 0 radical (unpaired) electrons. The van der Waals surface area contributed by atoms with Crippen molar-refractivity contribution in [2.45, 2.75) is 58.2 Å². The second-order valence-electron chi connectivity index (χ2n) is 13.4. The molecule has 9 nitrogen and oxygen atoms in total. The average Bonchev–Trinajstić information content (AvgIpc) is 3.80. The normalized spacial score (nSPS) is 18.6. The van der Waals surface area contributed by atoms with Crippen LogP contribution in [0.1, 0.15) is 66.1 Å². The Morgan fingerprint density at radius 3 is 2.58 bits per heavy atom. The maximum absolute atomic E-state index is 15.9. The fraction of sp³-hybridized carbons (Fsp3) is 0.316. The summed E-state index contributed by atoms with van der Waals surface area (Å²) in [5.74, 6) is -1.85. The molecule has 2 saturated heterocycles. The molecule has 4 heterocycles. The van der Waals surface area contributed by atoms with Crippen molar-refractivity contribution < 1.29 is 36.9 Å². The molecule has 2 aliphatic heterocycles. The summed E-state index contributed by atoms with van der Waals surface area (Å²) in [6, 6.07) is 17.6. The number of nitriles is 1. The number of carbonyl (C=O) groups is 1. The van der Waals surface area contributed by atoms with Crippen LogP contribution in [0.15, 0.2) is 66.7 Å². The van der Waals surface area contributed by atoms with E-state index in [4.69, 9.17) is 29.2 Å². The number of carbonyl (C=O) groups excluding carboxylic acids is 1. The first-order valence-corrected chi connectivity index (χ1v) is 16.2. The summed E-state index contributed by atoms with van der Waals surface area (Å²) in [4.78, 5) is 22.1. The lowest BCUT2D eigenvalue weighted by molar-refractivity contribution is -0.0905. The Balaban J connectivity index is 1.18. The molecule has 0 unspecified atom stereocenters. The second kappa shape index (κ2) is 13.2. The van der Waals surface area contributed by atoms with Gasteiger partial charge in [-0.15, -0.1) is 0 Å². The van der Waals surface area contributed by atoms with E-state index in [0.29, 0.717) is 35.6 Å². The minimum Gasteiger partial charge on any atom is -0.473 e. The number of hydrogen-bond acceptors (Lipinski definition) is 8. The standard InChI is InChI=1S/C38H33F3N4O5/c1-38(2,3)50-36(46)22-9-10-31-32(15-22)45(33-20-49-37-25(33)11-12-47-37)34(43-31)16-24-14-29(41)26(17-28(24)40)30-5-4-6-35(44-30)48-19-23-8-7-21(18-42)13-27(23)39/h4-10,13-15,17,25,33,37H,11-12,16,19-20H2,1-3H3/t25-,33+,37+/m0/s1. The molecule has 12 heteroatoms. The van der Waals surface area contributed by atoms with Crippen LogP contribution in [0.5, 0.6) is 5.88 Å². The first kappa shape index (κ1) is 33.3. The monoisotopic (exact) mass is 682 g/mol. The number of ether oxygens (including phenoxy) is 4. The molecule has 0 N–H and O–H groups in total. The van der Waals surface area contributed by atoms with E-state index in [9.17, 15) is 9.18 Å². The molecule has 2 aliphatic rings. The first-order valence-electron chi connectivity index (χ1n) is 16.2. The van der Waals surface area contributed by atoms with Crippen LogP contribution in [0.3, 0.4) is 0 Å². The molecule has 50 heavy (non-hydrogen) atoms. The first-order chi connectivity index (χ1) is 24.0. The third-order valence-electron chi connectivity index (χ3n) is 8.78. The third-order valence-corrected chi connectivity index (χ3v) is 8.78. The lowest BCUT2D eigenvalue weighted by Gasteiger charge is -2.21. The van der Waals surface area contributed by atoms with Gasteiger partial charge in [0.15, 0.2) is 6.29 Å². The highest BCUT2D eigenvalue weighted by atomic mass is 19.1. The zero-order valence-corrected chi connectivity index (χ0v) is 27.6. The van der Waals surface area contributed by atoms with E-state index in [-0.39, 0.29) is 65.1 Å². The minimum absolute atomic E-state index is 0.0225. The number of nitrogens with zero attached hydrogens (tertiary/aromatic N) is 4. The van der Waals surface area contributed by atoms with Crippen LogP contribution < -0.4 is 4.74 Å². The Labute approximate surface area is 286 Å². The summed E-state index contributed by atoms with van der Waals surface area (Å²) in [5.41, 5.74) is 1.44. The van der Waals surface area contributed by atoms with Gasteiger partial charge in [-0.3, -0.25) is 0 Å². The van der Waals surface area contributed by atoms with Crippen molar-refractivity contribution in [3.05, 3.63) is 112 Å². The molecule has 3 atom stereocenters. The Bertz CT molecular complexity index is 2160. The third kappa shape index (κ3) is 6.66. The number of rotatable bonds is 8. The van der Waals surface area contributed by atoms with Crippen molar-refractivity contribution in [1.82, 2.24) is 14.5 Å². The fourth-order valence-electron chi connectivity index (χ4n) is 6.43. The summed E-state index contributed by atoms with van der Waals surface area (Å²) < 4.78 is 70.8. The quantitative estimate of drug-likeness (QED) is 0.155. The number of fused-ring (bicyclic) bond motifs is 2. The molecule has 0 saturated carbocycles. The highest BCUT2D eigenvalue weighted by Crippen LogP contribution is 2.41. The van der Waals surface area contributed by atoms with Crippen molar-refractivity contribution in [3.63, 3.8) is 0 Å². The van der Waals surface area contributed by atoms with Gasteiger partial charge in [0.2, 0.25) is 5.88 Å². The Hall–Kier alpha value is -5.25. The number of esters is 1. The predicted molar refractivity (Wildman–Crippen MR) is 176 cm³/mol.